The van der Waals surface area contributed by atoms with Crippen molar-refractivity contribution in [2.24, 2.45) is 0 Å². The van der Waals surface area contributed by atoms with Crippen LogP contribution in [0.1, 0.15) is 22.9 Å². The van der Waals surface area contributed by atoms with Crippen LogP contribution in [-0.2, 0) is 11.3 Å². The van der Waals surface area contributed by atoms with E-state index in [-0.39, 0.29) is 13.2 Å². The summed E-state index contributed by atoms with van der Waals surface area (Å²) in [5.41, 5.74) is 3.58. The van der Waals surface area contributed by atoms with Crippen LogP contribution in [0.3, 0.4) is 0 Å². The quantitative estimate of drug-likeness (QED) is 0.673. The highest BCUT2D eigenvalue weighted by atomic mass is 16.5. The second kappa shape index (κ2) is 7.19. The van der Waals surface area contributed by atoms with E-state index in [9.17, 15) is 9.90 Å². The number of carbonyl (C=O) groups excluding carboxylic acids is 1. The van der Waals surface area contributed by atoms with Crippen molar-refractivity contribution in [3.63, 3.8) is 0 Å². The largest absolute Gasteiger partial charge is 0.445 e. The number of fused-ring (bicyclic) bond motifs is 1. The number of H-pyrrole nitrogens is 1. The highest BCUT2D eigenvalue weighted by Crippen LogP contribution is 2.27. The maximum Gasteiger partial charge on any atom is 0.407 e. The minimum atomic E-state index is -0.801. The summed E-state index contributed by atoms with van der Waals surface area (Å²) in [7, 11) is 0. The van der Waals surface area contributed by atoms with Crippen molar-refractivity contribution in [2.75, 3.05) is 6.54 Å². The summed E-state index contributed by atoms with van der Waals surface area (Å²) in [6.45, 7) is 2.21. The lowest BCUT2D eigenvalue weighted by molar-refractivity contribution is 0.126. The van der Waals surface area contributed by atoms with Crippen LogP contribution in [0.15, 0.2) is 54.6 Å². The molecule has 0 aliphatic rings. The number of hydrogen-bond donors (Lipinski definition) is 3. The molecular weight excluding hydrogens is 304 g/mol. The third kappa shape index (κ3) is 3.58. The Hall–Kier alpha value is -2.79. The predicted octanol–water partition coefficient (Wildman–Crippen LogP) is 3.44. The Balaban J connectivity index is 1.57. The molecule has 3 aromatic rings. The lowest BCUT2D eigenvalue weighted by Crippen LogP contribution is -2.29. The normalized spacial score (nSPS) is 12.1. The van der Waals surface area contributed by atoms with E-state index in [2.05, 4.69) is 10.3 Å². The lowest BCUT2D eigenvalue weighted by atomic mass is 10.1. The first kappa shape index (κ1) is 16.1. The third-order valence-corrected chi connectivity index (χ3v) is 3.93. The number of alkyl carbamates (subject to hydrolysis) is 1. The summed E-state index contributed by atoms with van der Waals surface area (Å²) in [5.74, 6) is 0. The van der Waals surface area contributed by atoms with Crippen LogP contribution in [0.25, 0.3) is 10.9 Å². The average molecular weight is 324 g/mol. The number of nitrogens with one attached hydrogen (secondary N) is 2. The Morgan fingerprint density at radius 2 is 1.88 bits per heavy atom. The van der Waals surface area contributed by atoms with Gasteiger partial charge in [-0.2, -0.15) is 0 Å². The number of hydrogen-bond acceptors (Lipinski definition) is 3. The number of ether oxygens (including phenoxy) is 1. The Morgan fingerprint density at radius 3 is 2.67 bits per heavy atom. The monoisotopic (exact) mass is 324 g/mol. The van der Waals surface area contributed by atoms with Gasteiger partial charge in [0.1, 0.15) is 6.61 Å². The van der Waals surface area contributed by atoms with Crippen LogP contribution in [0, 0.1) is 6.92 Å². The zero-order valence-corrected chi connectivity index (χ0v) is 13.5. The van der Waals surface area contributed by atoms with Crippen molar-refractivity contribution >= 4 is 17.0 Å². The molecule has 3 N–H and O–H groups in total. The van der Waals surface area contributed by atoms with Gasteiger partial charge in [-0.25, -0.2) is 4.79 Å². The van der Waals surface area contributed by atoms with Gasteiger partial charge in [0.15, 0.2) is 0 Å². The predicted molar refractivity (Wildman–Crippen MR) is 92.6 cm³/mol. The van der Waals surface area contributed by atoms with Crippen molar-refractivity contribution in [1.82, 2.24) is 10.3 Å². The van der Waals surface area contributed by atoms with Gasteiger partial charge in [-0.3, -0.25) is 0 Å². The molecule has 5 nitrogen and oxygen atoms in total. The highest BCUT2D eigenvalue weighted by Gasteiger charge is 2.17. The van der Waals surface area contributed by atoms with Crippen molar-refractivity contribution in [1.29, 1.82) is 0 Å². The molecule has 3 rings (SSSR count). The number of benzene rings is 2. The molecule has 1 aromatic heterocycles. The molecule has 24 heavy (non-hydrogen) atoms. The fourth-order valence-electron chi connectivity index (χ4n) is 2.78. The van der Waals surface area contributed by atoms with Crippen LogP contribution < -0.4 is 5.32 Å². The van der Waals surface area contributed by atoms with E-state index in [4.69, 9.17) is 4.74 Å². The van der Waals surface area contributed by atoms with Gasteiger partial charge in [0, 0.05) is 22.2 Å². The van der Waals surface area contributed by atoms with Gasteiger partial charge in [-0.1, -0.05) is 48.5 Å². The molecule has 0 saturated carbocycles. The molecule has 0 spiro atoms. The maximum atomic E-state index is 11.8. The Bertz CT molecular complexity index is 827. The minimum absolute atomic E-state index is 0.0936. The SMILES string of the molecule is Cc1[nH]c2ccccc2c1C(O)CNC(=O)OCc1ccccc1. The van der Waals surface area contributed by atoms with Gasteiger partial charge in [0.2, 0.25) is 0 Å². The molecule has 0 radical (unpaired) electrons. The summed E-state index contributed by atoms with van der Waals surface area (Å²) in [6, 6.07) is 17.2. The molecule has 0 bridgehead atoms. The molecule has 124 valence electrons. The summed E-state index contributed by atoms with van der Waals surface area (Å²) < 4.78 is 5.14. The number of aromatic amines is 1. The summed E-state index contributed by atoms with van der Waals surface area (Å²) in [6.07, 6.45) is -1.35. The van der Waals surface area contributed by atoms with Gasteiger partial charge in [0.25, 0.3) is 0 Å². The zero-order valence-electron chi connectivity index (χ0n) is 13.5. The molecule has 1 amide bonds. The fourth-order valence-corrected chi connectivity index (χ4v) is 2.78. The molecule has 0 aliphatic carbocycles. The van der Waals surface area contributed by atoms with E-state index in [0.29, 0.717) is 0 Å². The summed E-state index contributed by atoms with van der Waals surface area (Å²) in [4.78, 5) is 15.0. The molecular formula is C19H20N2O3. The van der Waals surface area contributed by atoms with Gasteiger partial charge in [-0.15, -0.1) is 0 Å². The topological polar surface area (TPSA) is 74.4 Å². The standard InChI is InChI=1S/C19H20N2O3/c1-13-18(15-9-5-6-10-16(15)21-13)17(22)11-20-19(23)24-12-14-7-3-2-4-8-14/h2-10,17,21-22H,11-12H2,1H3,(H,20,23). The van der Waals surface area contributed by atoms with Crippen molar-refractivity contribution in [3.8, 4) is 0 Å². The highest BCUT2D eigenvalue weighted by molar-refractivity contribution is 5.85. The van der Waals surface area contributed by atoms with E-state index < -0.39 is 12.2 Å². The number of aliphatic hydroxyl groups excluding tert-OH is 1. The smallest absolute Gasteiger partial charge is 0.407 e. The molecule has 2 aromatic carbocycles. The lowest BCUT2D eigenvalue weighted by Gasteiger charge is -2.13. The van der Waals surface area contributed by atoms with E-state index in [0.717, 1.165) is 27.7 Å². The minimum Gasteiger partial charge on any atom is -0.445 e. The first-order valence-corrected chi connectivity index (χ1v) is 7.85. The Labute approximate surface area is 140 Å². The van der Waals surface area contributed by atoms with Crippen molar-refractivity contribution in [3.05, 3.63) is 71.4 Å². The molecule has 1 atom stereocenters. The fraction of sp³-hybridized carbons (Fsp3) is 0.211. The Kier molecular flexibility index (Phi) is 4.82. The molecule has 1 heterocycles. The second-order valence-electron chi connectivity index (χ2n) is 5.67. The summed E-state index contributed by atoms with van der Waals surface area (Å²) in [5, 5.41) is 14.0. The number of carbonyl (C=O) groups is 1. The van der Waals surface area contributed by atoms with E-state index in [1.165, 1.54) is 0 Å². The van der Waals surface area contributed by atoms with Gasteiger partial charge in [-0.05, 0) is 18.6 Å². The first-order chi connectivity index (χ1) is 11.6. The van der Waals surface area contributed by atoms with E-state index in [1.54, 1.807) is 0 Å². The number of para-hydroxylation sites is 1. The van der Waals surface area contributed by atoms with Gasteiger partial charge >= 0.3 is 6.09 Å². The zero-order chi connectivity index (χ0) is 16.9. The van der Waals surface area contributed by atoms with Gasteiger partial charge in [0.05, 0.1) is 12.6 Å². The number of aliphatic hydroxyl groups is 1. The number of amides is 1. The number of aromatic nitrogens is 1. The maximum absolute atomic E-state index is 11.8. The number of aryl methyl sites for hydroxylation is 1. The molecule has 1 unspecified atom stereocenters. The molecule has 0 aliphatic heterocycles. The van der Waals surface area contributed by atoms with Crippen molar-refractivity contribution in [2.45, 2.75) is 19.6 Å². The molecule has 0 fully saturated rings. The van der Waals surface area contributed by atoms with Crippen LogP contribution in [-0.4, -0.2) is 22.7 Å². The molecule has 0 saturated heterocycles. The third-order valence-electron chi connectivity index (χ3n) is 3.93. The number of rotatable bonds is 5. The van der Waals surface area contributed by atoms with Crippen molar-refractivity contribution < 1.29 is 14.6 Å². The van der Waals surface area contributed by atoms with Crippen LogP contribution in [0.2, 0.25) is 0 Å². The van der Waals surface area contributed by atoms with Crippen LogP contribution in [0.4, 0.5) is 4.79 Å². The van der Waals surface area contributed by atoms with Crippen LogP contribution in [0.5, 0.6) is 0 Å². The second-order valence-corrected chi connectivity index (χ2v) is 5.67. The summed E-state index contributed by atoms with van der Waals surface area (Å²) >= 11 is 0. The van der Waals surface area contributed by atoms with Crippen LogP contribution >= 0.6 is 0 Å². The first-order valence-electron chi connectivity index (χ1n) is 7.85. The average Bonchev–Trinajstić information content (AvgIpc) is 2.94. The molecule has 5 heteroatoms. The van der Waals surface area contributed by atoms with Gasteiger partial charge < -0.3 is 20.1 Å². The van der Waals surface area contributed by atoms with E-state index in [1.807, 2.05) is 61.5 Å². The van der Waals surface area contributed by atoms with E-state index >= 15 is 0 Å². The Morgan fingerprint density at radius 1 is 1.17 bits per heavy atom.